The largest absolute Gasteiger partial charge is 0.481 e. The van der Waals surface area contributed by atoms with Crippen LogP contribution in [0.3, 0.4) is 0 Å². The molecule has 0 bridgehead atoms. The Morgan fingerprint density at radius 3 is 2.68 bits per heavy atom. The highest BCUT2D eigenvalue weighted by Gasteiger charge is 2.42. The SMILES string of the molecule is CC1c2c(ccc(Br)c2F)C(=O)N1C(CCC(=O)O)C(N)=O. The molecule has 1 aromatic rings. The molecule has 1 heterocycles. The van der Waals surface area contributed by atoms with Crippen LogP contribution < -0.4 is 5.73 Å². The molecule has 0 spiro atoms. The average molecular weight is 373 g/mol. The molecule has 0 fully saturated rings. The number of hydrogen-bond donors (Lipinski definition) is 2. The van der Waals surface area contributed by atoms with E-state index < -0.39 is 35.7 Å². The highest BCUT2D eigenvalue weighted by atomic mass is 79.9. The van der Waals surface area contributed by atoms with Crippen LogP contribution in [0, 0.1) is 5.82 Å². The average Bonchev–Trinajstić information content (AvgIpc) is 2.67. The van der Waals surface area contributed by atoms with Crippen molar-refractivity contribution in [1.82, 2.24) is 4.90 Å². The van der Waals surface area contributed by atoms with Gasteiger partial charge in [0.25, 0.3) is 5.91 Å². The summed E-state index contributed by atoms with van der Waals surface area (Å²) in [7, 11) is 0. The van der Waals surface area contributed by atoms with Crippen molar-refractivity contribution in [3.8, 4) is 0 Å². The third kappa shape index (κ3) is 2.70. The van der Waals surface area contributed by atoms with Crippen LogP contribution in [0.2, 0.25) is 0 Å². The third-order valence-electron chi connectivity index (χ3n) is 3.73. The summed E-state index contributed by atoms with van der Waals surface area (Å²) >= 11 is 3.06. The maximum atomic E-state index is 14.2. The molecule has 6 nitrogen and oxygen atoms in total. The number of fused-ring (bicyclic) bond motifs is 1. The molecule has 0 radical (unpaired) electrons. The molecule has 2 rings (SSSR count). The van der Waals surface area contributed by atoms with Gasteiger partial charge in [-0.25, -0.2) is 4.39 Å². The highest BCUT2D eigenvalue weighted by molar-refractivity contribution is 9.10. The molecule has 0 aromatic heterocycles. The van der Waals surface area contributed by atoms with E-state index in [9.17, 15) is 18.8 Å². The van der Waals surface area contributed by atoms with Crippen molar-refractivity contribution >= 4 is 33.7 Å². The molecule has 2 amide bonds. The number of halogens is 2. The first-order valence-electron chi connectivity index (χ1n) is 6.57. The number of carbonyl (C=O) groups excluding carboxylic acids is 2. The van der Waals surface area contributed by atoms with Gasteiger partial charge < -0.3 is 15.7 Å². The fourth-order valence-corrected chi connectivity index (χ4v) is 3.05. The lowest BCUT2D eigenvalue weighted by molar-refractivity contribution is -0.137. The van der Waals surface area contributed by atoms with Gasteiger partial charge in [0, 0.05) is 17.5 Å². The Balaban J connectivity index is 2.40. The lowest BCUT2D eigenvalue weighted by atomic mass is 10.0. The van der Waals surface area contributed by atoms with Gasteiger partial charge in [-0.05, 0) is 41.4 Å². The Labute approximate surface area is 134 Å². The van der Waals surface area contributed by atoms with E-state index in [0.29, 0.717) is 0 Å². The van der Waals surface area contributed by atoms with Crippen molar-refractivity contribution in [2.24, 2.45) is 5.73 Å². The smallest absolute Gasteiger partial charge is 0.303 e. The normalized spacial score (nSPS) is 18.2. The van der Waals surface area contributed by atoms with Crippen LogP contribution in [-0.2, 0) is 9.59 Å². The molecule has 3 N–H and O–H groups in total. The fourth-order valence-electron chi connectivity index (χ4n) is 2.71. The van der Waals surface area contributed by atoms with Crippen molar-refractivity contribution in [3.05, 3.63) is 33.5 Å². The molecule has 118 valence electrons. The standard InChI is InChI=1S/C14H14BrFN2O4/c1-6-11-7(2-3-8(15)12(11)16)14(22)18(6)9(13(17)21)4-5-10(19)20/h2-3,6,9H,4-5H2,1H3,(H2,17,21)(H,19,20). The van der Waals surface area contributed by atoms with Crippen molar-refractivity contribution < 1.29 is 23.9 Å². The predicted octanol–water partition coefficient (Wildman–Crippen LogP) is 1.82. The van der Waals surface area contributed by atoms with Gasteiger partial charge >= 0.3 is 5.97 Å². The first kappa shape index (κ1) is 16.4. The number of amides is 2. The van der Waals surface area contributed by atoms with Gasteiger partial charge in [0.05, 0.1) is 10.5 Å². The number of primary amides is 1. The maximum Gasteiger partial charge on any atom is 0.303 e. The van der Waals surface area contributed by atoms with E-state index in [1.807, 2.05) is 0 Å². The van der Waals surface area contributed by atoms with E-state index in [4.69, 9.17) is 10.8 Å². The Bertz CT molecular complexity index is 664. The lowest BCUT2D eigenvalue weighted by Gasteiger charge is -2.29. The van der Waals surface area contributed by atoms with Gasteiger partial charge in [0.1, 0.15) is 11.9 Å². The summed E-state index contributed by atoms with van der Waals surface area (Å²) < 4.78 is 14.5. The minimum atomic E-state index is -1.10. The van der Waals surface area contributed by atoms with Crippen molar-refractivity contribution in [1.29, 1.82) is 0 Å². The van der Waals surface area contributed by atoms with Crippen LogP contribution in [0.4, 0.5) is 4.39 Å². The number of hydrogen-bond acceptors (Lipinski definition) is 3. The molecule has 1 aromatic carbocycles. The van der Waals surface area contributed by atoms with Crippen LogP contribution >= 0.6 is 15.9 Å². The molecule has 8 heteroatoms. The van der Waals surface area contributed by atoms with Crippen LogP contribution in [0.25, 0.3) is 0 Å². The van der Waals surface area contributed by atoms with Crippen LogP contribution in [0.15, 0.2) is 16.6 Å². The predicted molar refractivity (Wildman–Crippen MR) is 78.5 cm³/mol. The van der Waals surface area contributed by atoms with Gasteiger partial charge in [-0.2, -0.15) is 0 Å². The van der Waals surface area contributed by atoms with Crippen LogP contribution in [-0.4, -0.2) is 33.8 Å². The quantitative estimate of drug-likeness (QED) is 0.822. The number of carbonyl (C=O) groups is 3. The molecule has 2 atom stereocenters. The Hall–Kier alpha value is -1.96. The van der Waals surface area contributed by atoms with Crippen molar-refractivity contribution in [2.45, 2.75) is 31.8 Å². The maximum absolute atomic E-state index is 14.2. The molecule has 1 aliphatic heterocycles. The summed E-state index contributed by atoms with van der Waals surface area (Å²) in [4.78, 5) is 35.9. The Morgan fingerprint density at radius 1 is 1.50 bits per heavy atom. The van der Waals surface area contributed by atoms with Gasteiger partial charge in [-0.3, -0.25) is 14.4 Å². The van der Waals surface area contributed by atoms with Crippen LogP contribution in [0.1, 0.15) is 41.7 Å². The second-order valence-electron chi connectivity index (χ2n) is 5.06. The lowest BCUT2D eigenvalue weighted by Crippen LogP contribution is -2.46. The molecule has 1 aliphatic rings. The molecule has 2 unspecified atom stereocenters. The zero-order valence-electron chi connectivity index (χ0n) is 11.7. The minimum Gasteiger partial charge on any atom is -0.481 e. The first-order valence-corrected chi connectivity index (χ1v) is 7.36. The third-order valence-corrected chi connectivity index (χ3v) is 4.34. The second-order valence-corrected chi connectivity index (χ2v) is 5.92. The van der Waals surface area contributed by atoms with E-state index in [2.05, 4.69) is 15.9 Å². The van der Waals surface area contributed by atoms with Crippen molar-refractivity contribution in [3.63, 3.8) is 0 Å². The van der Waals surface area contributed by atoms with E-state index in [-0.39, 0.29) is 28.4 Å². The molecular formula is C14H14BrFN2O4. The van der Waals surface area contributed by atoms with E-state index in [1.54, 1.807) is 6.92 Å². The van der Waals surface area contributed by atoms with E-state index >= 15 is 0 Å². The number of nitrogens with two attached hydrogens (primary N) is 1. The molecule has 0 saturated carbocycles. The minimum absolute atomic E-state index is 0.114. The topological polar surface area (TPSA) is 101 Å². The monoisotopic (exact) mass is 372 g/mol. The molecule has 22 heavy (non-hydrogen) atoms. The van der Waals surface area contributed by atoms with Gasteiger partial charge in [-0.1, -0.05) is 0 Å². The van der Waals surface area contributed by atoms with Crippen LogP contribution in [0.5, 0.6) is 0 Å². The second kappa shape index (κ2) is 6.04. The summed E-state index contributed by atoms with van der Waals surface area (Å²) in [5, 5.41) is 8.75. The number of benzene rings is 1. The molecular weight excluding hydrogens is 359 g/mol. The van der Waals surface area contributed by atoms with E-state index in [1.165, 1.54) is 12.1 Å². The first-order chi connectivity index (χ1) is 10.3. The van der Waals surface area contributed by atoms with Gasteiger partial charge in [0.15, 0.2) is 0 Å². The zero-order chi connectivity index (χ0) is 16.6. The zero-order valence-corrected chi connectivity index (χ0v) is 13.3. The summed E-state index contributed by atoms with van der Waals surface area (Å²) in [6.45, 7) is 1.58. The number of nitrogens with zero attached hydrogens (tertiary/aromatic N) is 1. The Morgan fingerprint density at radius 2 is 2.14 bits per heavy atom. The highest BCUT2D eigenvalue weighted by Crippen LogP contribution is 2.39. The summed E-state index contributed by atoms with van der Waals surface area (Å²) in [5.74, 6) is -3.00. The van der Waals surface area contributed by atoms with Crippen molar-refractivity contribution in [2.75, 3.05) is 0 Å². The molecule has 0 saturated heterocycles. The fraction of sp³-hybridized carbons (Fsp3) is 0.357. The Kier molecular flexibility index (Phi) is 4.50. The van der Waals surface area contributed by atoms with Gasteiger partial charge in [0.2, 0.25) is 5.91 Å². The summed E-state index contributed by atoms with van der Waals surface area (Å²) in [6.07, 6.45) is -0.426. The number of carboxylic acid groups (broad SMARTS) is 1. The van der Waals surface area contributed by atoms with E-state index in [0.717, 1.165) is 4.90 Å². The van der Waals surface area contributed by atoms with Gasteiger partial charge in [-0.15, -0.1) is 0 Å². The number of carboxylic acids is 1. The summed E-state index contributed by atoms with van der Waals surface area (Å²) in [6, 6.07) is 1.09. The number of rotatable bonds is 5. The number of aliphatic carboxylic acids is 1. The summed E-state index contributed by atoms with van der Waals surface area (Å²) in [5.41, 5.74) is 5.64. The molecule has 0 aliphatic carbocycles.